The lowest BCUT2D eigenvalue weighted by molar-refractivity contribution is 0.248. The molecule has 1 atom stereocenters. The highest BCUT2D eigenvalue weighted by atomic mass is 35.5. The number of carbonyl (C=O) groups excluding carboxylic acids is 1. The second kappa shape index (κ2) is 6.22. The van der Waals surface area contributed by atoms with Crippen LogP contribution in [0, 0.1) is 6.92 Å². The largest absolute Gasteiger partial charge is 0.331 e. The average Bonchev–Trinajstić information content (AvgIpc) is 2.77. The first-order valence-electron chi connectivity index (χ1n) is 7.03. The fraction of sp³-hybridized carbons (Fsp3) is 0.333. The predicted octanol–water partition coefficient (Wildman–Crippen LogP) is 3.74. The molecule has 0 bridgehead atoms. The number of halogens is 1. The van der Waals surface area contributed by atoms with Crippen molar-refractivity contribution >= 4 is 35.2 Å². The molecule has 0 radical (unpaired) electrons. The van der Waals surface area contributed by atoms with Crippen LogP contribution in [-0.2, 0) is 7.05 Å². The minimum atomic E-state index is -0.231. The normalized spacial score (nSPS) is 17.0. The van der Waals surface area contributed by atoms with Gasteiger partial charge in [0.25, 0.3) is 0 Å². The Bertz CT molecular complexity index is 716. The maximum Gasteiger partial charge on any atom is 0.320 e. The molecule has 2 aromatic rings. The number of hydrogen-bond acceptors (Lipinski definition) is 3. The summed E-state index contributed by atoms with van der Waals surface area (Å²) in [6.07, 6.45) is 0.885. The van der Waals surface area contributed by atoms with E-state index in [0.29, 0.717) is 10.8 Å². The predicted molar refractivity (Wildman–Crippen MR) is 89.6 cm³/mol. The number of aryl methyl sites for hydroxylation is 2. The van der Waals surface area contributed by atoms with E-state index in [0.717, 1.165) is 23.4 Å². The van der Waals surface area contributed by atoms with E-state index < -0.39 is 0 Å². The maximum absolute atomic E-state index is 12.2. The number of anilines is 1. The Morgan fingerprint density at radius 3 is 3.00 bits per heavy atom. The molecule has 1 aliphatic heterocycles. The molecule has 0 spiro atoms. The van der Waals surface area contributed by atoms with Crippen LogP contribution in [0.1, 0.15) is 23.7 Å². The zero-order valence-electron chi connectivity index (χ0n) is 12.4. The highest BCUT2D eigenvalue weighted by Gasteiger charge is 2.23. The molecule has 2 amide bonds. The van der Waals surface area contributed by atoms with E-state index >= 15 is 0 Å². The summed E-state index contributed by atoms with van der Waals surface area (Å²) in [7, 11) is 1.80. The van der Waals surface area contributed by atoms with Crippen molar-refractivity contribution in [2.75, 3.05) is 11.1 Å². The SMILES string of the molecule is Cc1cc(NC(=O)N[C@@H]2CCSc3ccc(Cl)cc32)n(C)n1. The molecule has 1 aromatic heterocycles. The number of nitrogens with one attached hydrogen (secondary N) is 2. The van der Waals surface area contributed by atoms with Gasteiger partial charge >= 0.3 is 6.03 Å². The zero-order chi connectivity index (χ0) is 15.7. The molecule has 1 aliphatic rings. The summed E-state index contributed by atoms with van der Waals surface area (Å²) in [5, 5.41) is 10.8. The monoisotopic (exact) mass is 336 g/mol. The van der Waals surface area contributed by atoms with Crippen LogP contribution in [0.4, 0.5) is 10.6 Å². The summed E-state index contributed by atoms with van der Waals surface area (Å²) in [5.41, 5.74) is 1.95. The van der Waals surface area contributed by atoms with E-state index in [1.807, 2.05) is 31.2 Å². The molecular formula is C15H17ClN4OS. The molecular weight excluding hydrogens is 320 g/mol. The van der Waals surface area contributed by atoms with Gasteiger partial charge in [0, 0.05) is 28.8 Å². The van der Waals surface area contributed by atoms with Gasteiger partial charge in [0.2, 0.25) is 0 Å². The molecule has 0 fully saturated rings. The topological polar surface area (TPSA) is 59.0 Å². The minimum Gasteiger partial charge on any atom is -0.331 e. The van der Waals surface area contributed by atoms with Crippen LogP contribution in [0.15, 0.2) is 29.2 Å². The Kier molecular flexibility index (Phi) is 4.31. The fourth-order valence-corrected chi connectivity index (χ4v) is 3.84. The van der Waals surface area contributed by atoms with E-state index in [4.69, 9.17) is 11.6 Å². The number of thioether (sulfide) groups is 1. The Labute approximate surface area is 138 Å². The second-order valence-corrected chi connectivity index (χ2v) is 6.84. The number of urea groups is 1. The van der Waals surface area contributed by atoms with Gasteiger partial charge < -0.3 is 5.32 Å². The fourth-order valence-electron chi connectivity index (χ4n) is 2.55. The zero-order valence-corrected chi connectivity index (χ0v) is 14.0. The molecule has 3 rings (SSSR count). The number of amides is 2. The smallest absolute Gasteiger partial charge is 0.320 e. The van der Waals surface area contributed by atoms with Crippen molar-refractivity contribution in [1.29, 1.82) is 0 Å². The van der Waals surface area contributed by atoms with Crippen LogP contribution >= 0.6 is 23.4 Å². The molecule has 5 nitrogen and oxygen atoms in total. The summed E-state index contributed by atoms with van der Waals surface area (Å²) in [4.78, 5) is 13.4. The van der Waals surface area contributed by atoms with Gasteiger partial charge in [-0.05, 0) is 37.1 Å². The molecule has 0 saturated carbocycles. The number of carbonyl (C=O) groups is 1. The van der Waals surface area contributed by atoms with Gasteiger partial charge in [0.1, 0.15) is 5.82 Å². The lowest BCUT2D eigenvalue weighted by Gasteiger charge is -2.26. The number of benzene rings is 1. The Hall–Kier alpha value is -1.66. The number of rotatable bonds is 2. The number of nitrogens with zero attached hydrogens (tertiary/aromatic N) is 2. The molecule has 0 saturated heterocycles. The summed E-state index contributed by atoms with van der Waals surface area (Å²) in [6.45, 7) is 1.89. The third-order valence-electron chi connectivity index (χ3n) is 3.56. The van der Waals surface area contributed by atoms with Crippen molar-refractivity contribution in [2.45, 2.75) is 24.3 Å². The van der Waals surface area contributed by atoms with Crippen molar-refractivity contribution in [3.63, 3.8) is 0 Å². The maximum atomic E-state index is 12.2. The van der Waals surface area contributed by atoms with Crippen molar-refractivity contribution < 1.29 is 4.79 Å². The summed E-state index contributed by atoms with van der Waals surface area (Å²) in [5.74, 6) is 1.65. The summed E-state index contributed by atoms with van der Waals surface area (Å²) in [6, 6.07) is 7.41. The quantitative estimate of drug-likeness (QED) is 0.878. The molecule has 2 N–H and O–H groups in total. The van der Waals surface area contributed by atoms with Gasteiger partial charge in [-0.15, -0.1) is 11.8 Å². The first-order valence-corrected chi connectivity index (χ1v) is 8.39. The first-order chi connectivity index (χ1) is 10.5. The number of aromatic nitrogens is 2. The van der Waals surface area contributed by atoms with Crippen LogP contribution in [0.3, 0.4) is 0 Å². The van der Waals surface area contributed by atoms with Crippen LogP contribution in [-0.4, -0.2) is 21.6 Å². The Morgan fingerprint density at radius 2 is 2.27 bits per heavy atom. The average molecular weight is 337 g/mol. The third-order valence-corrected chi connectivity index (χ3v) is 4.92. The van der Waals surface area contributed by atoms with Crippen molar-refractivity contribution in [3.8, 4) is 0 Å². The van der Waals surface area contributed by atoms with Crippen molar-refractivity contribution in [2.24, 2.45) is 7.05 Å². The van der Waals surface area contributed by atoms with Gasteiger partial charge in [0.05, 0.1) is 11.7 Å². The van der Waals surface area contributed by atoms with E-state index in [1.165, 1.54) is 4.90 Å². The minimum absolute atomic E-state index is 0.0238. The molecule has 0 unspecified atom stereocenters. The molecule has 7 heteroatoms. The molecule has 1 aromatic carbocycles. The van der Waals surface area contributed by atoms with Gasteiger partial charge in [0.15, 0.2) is 0 Å². The lowest BCUT2D eigenvalue weighted by Crippen LogP contribution is -2.34. The molecule has 2 heterocycles. The summed E-state index contributed by atoms with van der Waals surface area (Å²) >= 11 is 7.88. The molecule has 22 heavy (non-hydrogen) atoms. The van der Waals surface area contributed by atoms with Crippen LogP contribution in [0.2, 0.25) is 5.02 Å². The van der Waals surface area contributed by atoms with E-state index in [-0.39, 0.29) is 12.1 Å². The second-order valence-electron chi connectivity index (χ2n) is 5.26. The van der Waals surface area contributed by atoms with Gasteiger partial charge in [-0.1, -0.05) is 11.6 Å². The Morgan fingerprint density at radius 1 is 1.45 bits per heavy atom. The van der Waals surface area contributed by atoms with E-state index in [9.17, 15) is 4.79 Å². The molecule has 116 valence electrons. The van der Waals surface area contributed by atoms with Crippen molar-refractivity contribution in [1.82, 2.24) is 15.1 Å². The molecule has 0 aliphatic carbocycles. The van der Waals surface area contributed by atoms with Gasteiger partial charge in [-0.3, -0.25) is 10.00 Å². The standard InChI is InChI=1S/C15H17ClN4OS/c1-9-7-14(20(2)19-9)18-15(21)17-12-5-6-22-13-4-3-10(16)8-11(12)13/h3-4,7-8,12H,5-6H2,1-2H3,(H2,17,18,21)/t12-/m1/s1. The first kappa shape index (κ1) is 15.2. The van der Waals surface area contributed by atoms with Crippen LogP contribution in [0.5, 0.6) is 0 Å². The van der Waals surface area contributed by atoms with Crippen molar-refractivity contribution in [3.05, 3.63) is 40.5 Å². The van der Waals surface area contributed by atoms with Gasteiger partial charge in [-0.2, -0.15) is 5.10 Å². The highest BCUT2D eigenvalue weighted by Crippen LogP contribution is 2.37. The highest BCUT2D eigenvalue weighted by molar-refractivity contribution is 7.99. The third kappa shape index (κ3) is 3.23. The van der Waals surface area contributed by atoms with Crippen LogP contribution in [0.25, 0.3) is 0 Å². The van der Waals surface area contributed by atoms with Gasteiger partial charge in [-0.25, -0.2) is 4.79 Å². The number of hydrogen-bond donors (Lipinski definition) is 2. The van der Waals surface area contributed by atoms with Crippen LogP contribution < -0.4 is 10.6 Å². The van der Waals surface area contributed by atoms with E-state index in [1.54, 1.807) is 23.5 Å². The number of fused-ring (bicyclic) bond motifs is 1. The Balaban J connectivity index is 1.73. The lowest BCUT2D eigenvalue weighted by atomic mass is 10.0. The van der Waals surface area contributed by atoms with E-state index in [2.05, 4.69) is 15.7 Å². The summed E-state index contributed by atoms with van der Waals surface area (Å²) < 4.78 is 1.65.